The summed E-state index contributed by atoms with van der Waals surface area (Å²) in [5.41, 5.74) is 1.51. The molecule has 23 heavy (non-hydrogen) atoms. The molecule has 1 atom stereocenters. The zero-order valence-electron chi connectivity index (χ0n) is 13.0. The number of rotatable bonds is 6. The summed E-state index contributed by atoms with van der Waals surface area (Å²) in [5, 5.41) is 2.78. The van der Waals surface area contributed by atoms with Crippen molar-refractivity contribution in [1.29, 1.82) is 0 Å². The molecule has 1 aromatic carbocycles. The summed E-state index contributed by atoms with van der Waals surface area (Å²) in [6, 6.07) is 11.5. The van der Waals surface area contributed by atoms with Crippen LogP contribution in [0.3, 0.4) is 0 Å². The predicted molar refractivity (Wildman–Crippen MR) is 87.9 cm³/mol. The van der Waals surface area contributed by atoms with Crippen molar-refractivity contribution in [2.75, 3.05) is 13.3 Å². The standard InChI is InChI=1S/C16H19N3O3S/c1-19(23(2,21)22)15(14-6-4-3-5-7-14)16(20)18-12-13-8-10-17-11-9-13/h3-11,15H,12H2,1-2H3,(H,18,20)/t15-/m1/s1. The molecule has 0 saturated carbocycles. The fourth-order valence-electron chi connectivity index (χ4n) is 2.14. The predicted octanol–water partition coefficient (Wildman–Crippen LogP) is 1.33. The third-order valence-electron chi connectivity index (χ3n) is 3.47. The number of hydrogen-bond donors (Lipinski definition) is 1. The first-order valence-corrected chi connectivity index (χ1v) is 8.89. The molecule has 1 N–H and O–H groups in total. The van der Waals surface area contributed by atoms with Crippen molar-refractivity contribution in [3.63, 3.8) is 0 Å². The van der Waals surface area contributed by atoms with Gasteiger partial charge in [-0.2, -0.15) is 4.31 Å². The van der Waals surface area contributed by atoms with E-state index in [-0.39, 0.29) is 5.91 Å². The minimum absolute atomic E-state index is 0.308. The Morgan fingerprint density at radius 2 is 1.78 bits per heavy atom. The summed E-state index contributed by atoms with van der Waals surface area (Å²) in [7, 11) is -2.11. The van der Waals surface area contributed by atoms with Gasteiger partial charge in [-0.3, -0.25) is 9.78 Å². The number of nitrogens with one attached hydrogen (secondary N) is 1. The van der Waals surface area contributed by atoms with E-state index in [0.717, 1.165) is 16.1 Å². The van der Waals surface area contributed by atoms with Crippen LogP contribution >= 0.6 is 0 Å². The molecule has 0 aliphatic carbocycles. The Labute approximate surface area is 136 Å². The Kier molecular flexibility index (Phi) is 5.46. The number of carbonyl (C=O) groups excluding carboxylic acids is 1. The molecule has 0 spiro atoms. The van der Waals surface area contributed by atoms with Crippen LogP contribution in [0.2, 0.25) is 0 Å². The lowest BCUT2D eigenvalue weighted by Crippen LogP contribution is -2.41. The van der Waals surface area contributed by atoms with Gasteiger partial charge in [0, 0.05) is 26.0 Å². The van der Waals surface area contributed by atoms with Crippen LogP contribution in [-0.2, 0) is 21.4 Å². The van der Waals surface area contributed by atoms with Gasteiger partial charge in [0.05, 0.1) is 6.26 Å². The number of likely N-dealkylation sites (N-methyl/N-ethyl adjacent to an activating group) is 1. The molecule has 0 unspecified atom stereocenters. The third kappa shape index (κ3) is 4.61. The number of carbonyl (C=O) groups is 1. The molecule has 0 fully saturated rings. The van der Waals surface area contributed by atoms with Gasteiger partial charge in [-0.1, -0.05) is 30.3 Å². The van der Waals surface area contributed by atoms with Gasteiger partial charge in [0.2, 0.25) is 15.9 Å². The van der Waals surface area contributed by atoms with Gasteiger partial charge in [0.25, 0.3) is 0 Å². The second-order valence-corrected chi connectivity index (χ2v) is 7.21. The van der Waals surface area contributed by atoms with E-state index in [9.17, 15) is 13.2 Å². The molecule has 0 bridgehead atoms. The van der Waals surface area contributed by atoms with Crippen LogP contribution in [0.15, 0.2) is 54.9 Å². The van der Waals surface area contributed by atoms with Crippen molar-refractivity contribution < 1.29 is 13.2 Å². The first-order chi connectivity index (χ1) is 10.9. The minimum atomic E-state index is -3.52. The SMILES string of the molecule is CN([C@@H](C(=O)NCc1ccncc1)c1ccccc1)S(C)(=O)=O. The van der Waals surface area contributed by atoms with E-state index in [4.69, 9.17) is 0 Å². The van der Waals surface area contributed by atoms with E-state index in [2.05, 4.69) is 10.3 Å². The van der Waals surface area contributed by atoms with Gasteiger partial charge >= 0.3 is 0 Å². The molecule has 2 rings (SSSR count). The molecule has 0 aliphatic rings. The molecule has 1 amide bonds. The van der Waals surface area contributed by atoms with Gasteiger partial charge in [-0.15, -0.1) is 0 Å². The summed E-state index contributed by atoms with van der Waals surface area (Å²) >= 11 is 0. The smallest absolute Gasteiger partial charge is 0.243 e. The van der Waals surface area contributed by atoms with Crippen molar-refractivity contribution in [1.82, 2.24) is 14.6 Å². The zero-order valence-corrected chi connectivity index (χ0v) is 13.8. The lowest BCUT2D eigenvalue weighted by molar-refractivity contribution is -0.124. The highest BCUT2D eigenvalue weighted by Crippen LogP contribution is 2.22. The number of nitrogens with zero attached hydrogens (tertiary/aromatic N) is 2. The van der Waals surface area contributed by atoms with Crippen LogP contribution in [0.5, 0.6) is 0 Å². The van der Waals surface area contributed by atoms with Gasteiger partial charge in [-0.05, 0) is 23.3 Å². The van der Waals surface area contributed by atoms with Crippen LogP contribution < -0.4 is 5.32 Å². The Balaban J connectivity index is 2.21. The van der Waals surface area contributed by atoms with E-state index < -0.39 is 16.1 Å². The topological polar surface area (TPSA) is 79.4 Å². The highest BCUT2D eigenvalue weighted by atomic mass is 32.2. The maximum Gasteiger partial charge on any atom is 0.243 e. The Bertz CT molecular complexity index is 749. The van der Waals surface area contributed by atoms with E-state index in [0.29, 0.717) is 12.1 Å². The van der Waals surface area contributed by atoms with Crippen molar-refractivity contribution in [3.05, 3.63) is 66.0 Å². The van der Waals surface area contributed by atoms with Crippen LogP contribution in [0.1, 0.15) is 17.2 Å². The molecule has 0 radical (unpaired) electrons. The van der Waals surface area contributed by atoms with Crippen molar-refractivity contribution in [2.24, 2.45) is 0 Å². The Morgan fingerprint density at radius 3 is 2.35 bits per heavy atom. The molecule has 0 saturated heterocycles. The summed E-state index contributed by atoms with van der Waals surface area (Å²) in [5.74, 6) is -0.374. The maximum atomic E-state index is 12.6. The third-order valence-corrected chi connectivity index (χ3v) is 4.72. The highest BCUT2D eigenvalue weighted by Gasteiger charge is 2.30. The summed E-state index contributed by atoms with van der Waals surface area (Å²) in [4.78, 5) is 16.5. The minimum Gasteiger partial charge on any atom is -0.350 e. The van der Waals surface area contributed by atoms with Crippen LogP contribution in [-0.4, -0.2) is 36.9 Å². The lowest BCUT2D eigenvalue weighted by atomic mass is 10.1. The lowest BCUT2D eigenvalue weighted by Gasteiger charge is -2.25. The summed E-state index contributed by atoms with van der Waals surface area (Å²) in [6.07, 6.45) is 4.36. The molecule has 7 heteroatoms. The largest absolute Gasteiger partial charge is 0.350 e. The van der Waals surface area contributed by atoms with Gasteiger partial charge in [-0.25, -0.2) is 8.42 Å². The second kappa shape index (κ2) is 7.34. The number of aromatic nitrogens is 1. The van der Waals surface area contributed by atoms with Gasteiger partial charge in [0.15, 0.2) is 0 Å². The zero-order chi connectivity index (χ0) is 16.9. The van der Waals surface area contributed by atoms with Crippen molar-refractivity contribution in [2.45, 2.75) is 12.6 Å². The average molecular weight is 333 g/mol. The molecular formula is C16H19N3O3S. The molecule has 0 aliphatic heterocycles. The molecule has 1 aromatic heterocycles. The molecule has 1 heterocycles. The number of amides is 1. The number of sulfonamides is 1. The molecule has 122 valence electrons. The van der Waals surface area contributed by atoms with E-state index in [1.165, 1.54) is 7.05 Å². The number of benzene rings is 1. The highest BCUT2D eigenvalue weighted by molar-refractivity contribution is 7.88. The van der Waals surface area contributed by atoms with E-state index in [1.807, 2.05) is 6.07 Å². The molecule has 6 nitrogen and oxygen atoms in total. The fourth-order valence-corrected chi connectivity index (χ4v) is 2.74. The number of hydrogen-bond acceptors (Lipinski definition) is 4. The van der Waals surface area contributed by atoms with E-state index in [1.54, 1.807) is 48.8 Å². The van der Waals surface area contributed by atoms with Crippen molar-refractivity contribution in [3.8, 4) is 0 Å². The van der Waals surface area contributed by atoms with Crippen LogP contribution in [0.25, 0.3) is 0 Å². The molecular weight excluding hydrogens is 314 g/mol. The maximum absolute atomic E-state index is 12.6. The van der Waals surface area contributed by atoms with Crippen molar-refractivity contribution >= 4 is 15.9 Å². The van der Waals surface area contributed by atoms with E-state index >= 15 is 0 Å². The average Bonchev–Trinajstić information content (AvgIpc) is 2.54. The van der Waals surface area contributed by atoms with Gasteiger partial charge in [0.1, 0.15) is 6.04 Å². The molecule has 2 aromatic rings. The number of pyridine rings is 1. The fraction of sp³-hybridized carbons (Fsp3) is 0.250. The van der Waals surface area contributed by atoms with Gasteiger partial charge < -0.3 is 5.32 Å². The Morgan fingerprint density at radius 1 is 1.17 bits per heavy atom. The monoisotopic (exact) mass is 333 g/mol. The summed E-state index contributed by atoms with van der Waals surface area (Å²) in [6.45, 7) is 0.308. The van der Waals surface area contributed by atoms with Crippen LogP contribution in [0.4, 0.5) is 0 Å². The summed E-state index contributed by atoms with van der Waals surface area (Å²) < 4.78 is 24.8. The second-order valence-electron chi connectivity index (χ2n) is 5.17. The normalized spacial score (nSPS) is 12.8. The first kappa shape index (κ1) is 17.1. The quantitative estimate of drug-likeness (QED) is 0.865. The van der Waals surface area contributed by atoms with Crippen LogP contribution in [0, 0.1) is 0 Å². The Hall–Kier alpha value is -2.25. The first-order valence-electron chi connectivity index (χ1n) is 7.04.